The fraction of sp³-hybridized carbons (Fsp3) is 0. The number of carbonyl (C=O) groups excluding carboxylic acids is 1. The lowest BCUT2D eigenvalue weighted by Gasteiger charge is -2.04. The molecule has 0 heterocycles. The monoisotopic (exact) mass is 250 g/mol. The standard InChI is InChI=1S/C13H8Cl2O/c14-12-7-6-10(8-11(12)13(15)16)9-4-2-1-3-5-9/h1-8H. The first-order valence-electron chi connectivity index (χ1n) is 4.73. The van der Waals surface area contributed by atoms with E-state index in [2.05, 4.69) is 0 Å². The van der Waals surface area contributed by atoms with Crippen LogP contribution < -0.4 is 0 Å². The maximum atomic E-state index is 11.1. The van der Waals surface area contributed by atoms with Crippen LogP contribution in [0, 0.1) is 0 Å². The summed E-state index contributed by atoms with van der Waals surface area (Å²) in [6.07, 6.45) is 0. The molecule has 3 heteroatoms. The third-order valence-electron chi connectivity index (χ3n) is 2.29. The summed E-state index contributed by atoms with van der Waals surface area (Å²) in [6.45, 7) is 0. The van der Waals surface area contributed by atoms with Crippen LogP contribution in [0.15, 0.2) is 48.5 Å². The molecule has 0 bridgehead atoms. The molecule has 0 spiro atoms. The first-order chi connectivity index (χ1) is 7.68. The SMILES string of the molecule is O=C(Cl)c1cc(-c2ccccc2)ccc1Cl. The summed E-state index contributed by atoms with van der Waals surface area (Å²) in [5.41, 5.74) is 2.29. The molecule has 2 aromatic rings. The maximum Gasteiger partial charge on any atom is 0.253 e. The van der Waals surface area contributed by atoms with Gasteiger partial charge < -0.3 is 0 Å². The topological polar surface area (TPSA) is 17.1 Å². The van der Waals surface area contributed by atoms with Crippen LogP contribution >= 0.6 is 23.2 Å². The highest BCUT2D eigenvalue weighted by atomic mass is 35.5. The molecule has 0 atom stereocenters. The summed E-state index contributed by atoms with van der Waals surface area (Å²) in [5, 5.41) is -0.164. The molecule has 2 aromatic carbocycles. The summed E-state index contributed by atoms with van der Waals surface area (Å²) >= 11 is 11.3. The van der Waals surface area contributed by atoms with E-state index in [1.807, 2.05) is 36.4 Å². The molecule has 0 fully saturated rings. The number of rotatable bonds is 2. The van der Waals surface area contributed by atoms with Gasteiger partial charge in [-0.3, -0.25) is 4.79 Å². The lowest BCUT2D eigenvalue weighted by atomic mass is 10.0. The van der Waals surface area contributed by atoms with E-state index < -0.39 is 5.24 Å². The predicted molar refractivity (Wildman–Crippen MR) is 67.1 cm³/mol. The van der Waals surface area contributed by atoms with Crippen molar-refractivity contribution >= 4 is 28.4 Å². The Labute approximate surface area is 104 Å². The Hall–Kier alpha value is -1.31. The van der Waals surface area contributed by atoms with Crippen molar-refractivity contribution in [3.8, 4) is 11.1 Å². The van der Waals surface area contributed by atoms with Crippen LogP contribution in [0.25, 0.3) is 11.1 Å². The molecular formula is C13H8Cl2O. The second kappa shape index (κ2) is 4.69. The Morgan fingerprint density at radius 3 is 2.25 bits per heavy atom. The van der Waals surface area contributed by atoms with Gasteiger partial charge in [0.15, 0.2) is 0 Å². The number of hydrogen-bond donors (Lipinski definition) is 0. The molecule has 0 aromatic heterocycles. The molecule has 0 aliphatic rings. The highest BCUT2D eigenvalue weighted by Gasteiger charge is 2.09. The summed E-state index contributed by atoms with van der Waals surface area (Å²) in [4.78, 5) is 11.1. The fourth-order valence-electron chi connectivity index (χ4n) is 1.49. The molecule has 2 rings (SSSR count). The van der Waals surface area contributed by atoms with E-state index >= 15 is 0 Å². The van der Waals surface area contributed by atoms with Crippen LogP contribution in [0.3, 0.4) is 0 Å². The van der Waals surface area contributed by atoms with Gasteiger partial charge in [0.1, 0.15) is 0 Å². The lowest BCUT2D eigenvalue weighted by Crippen LogP contribution is -1.91. The molecule has 1 nitrogen and oxygen atoms in total. The maximum absolute atomic E-state index is 11.1. The van der Waals surface area contributed by atoms with E-state index in [1.165, 1.54) is 0 Å². The minimum absolute atomic E-state index is 0.338. The first kappa shape index (κ1) is 11.2. The number of benzene rings is 2. The lowest BCUT2D eigenvalue weighted by molar-refractivity contribution is 0.108. The van der Waals surface area contributed by atoms with Crippen LogP contribution in [-0.4, -0.2) is 5.24 Å². The van der Waals surface area contributed by atoms with Crippen LogP contribution in [-0.2, 0) is 0 Å². The van der Waals surface area contributed by atoms with Crippen LogP contribution in [0.1, 0.15) is 10.4 Å². The van der Waals surface area contributed by atoms with Crippen LogP contribution in [0.2, 0.25) is 5.02 Å². The second-order valence-corrected chi connectivity index (χ2v) is 4.08. The van der Waals surface area contributed by atoms with Gasteiger partial charge in [-0.2, -0.15) is 0 Å². The largest absolute Gasteiger partial charge is 0.276 e. The molecule has 0 saturated carbocycles. The Morgan fingerprint density at radius 1 is 0.938 bits per heavy atom. The quantitative estimate of drug-likeness (QED) is 0.723. The molecule has 0 N–H and O–H groups in total. The molecule has 0 aliphatic heterocycles. The van der Waals surface area contributed by atoms with Gasteiger partial charge >= 0.3 is 0 Å². The Bertz CT molecular complexity index is 521. The molecule has 0 amide bonds. The minimum atomic E-state index is -0.539. The van der Waals surface area contributed by atoms with Crippen molar-refractivity contribution in [1.82, 2.24) is 0 Å². The molecule has 0 radical (unpaired) electrons. The molecule has 0 aliphatic carbocycles. The van der Waals surface area contributed by atoms with E-state index in [9.17, 15) is 4.79 Å². The van der Waals surface area contributed by atoms with E-state index in [0.717, 1.165) is 11.1 Å². The van der Waals surface area contributed by atoms with Crippen molar-refractivity contribution < 1.29 is 4.79 Å². The molecule has 0 unspecified atom stereocenters. The van der Waals surface area contributed by atoms with Gasteiger partial charge in [-0.1, -0.05) is 48.0 Å². The fourth-order valence-corrected chi connectivity index (χ4v) is 1.89. The van der Waals surface area contributed by atoms with Gasteiger partial charge in [-0.15, -0.1) is 0 Å². The highest BCUT2D eigenvalue weighted by Crippen LogP contribution is 2.26. The molecule has 0 saturated heterocycles. The summed E-state index contributed by atoms with van der Waals surface area (Å²) in [7, 11) is 0. The normalized spacial score (nSPS) is 10.1. The molecular weight excluding hydrogens is 243 g/mol. The third-order valence-corrected chi connectivity index (χ3v) is 2.82. The van der Waals surface area contributed by atoms with Crippen LogP contribution in [0.5, 0.6) is 0 Å². The number of carbonyl (C=O) groups is 1. The molecule has 80 valence electrons. The second-order valence-electron chi connectivity index (χ2n) is 3.33. The highest BCUT2D eigenvalue weighted by molar-refractivity contribution is 6.68. The summed E-state index contributed by atoms with van der Waals surface area (Å²) in [5.74, 6) is 0. The van der Waals surface area contributed by atoms with Crippen molar-refractivity contribution in [2.75, 3.05) is 0 Å². The van der Waals surface area contributed by atoms with Gasteiger partial charge in [0.25, 0.3) is 5.24 Å². The van der Waals surface area contributed by atoms with Gasteiger partial charge in [0, 0.05) is 0 Å². The summed E-state index contributed by atoms with van der Waals surface area (Å²) in [6, 6.07) is 15.0. The van der Waals surface area contributed by atoms with Crippen molar-refractivity contribution in [1.29, 1.82) is 0 Å². The van der Waals surface area contributed by atoms with Gasteiger partial charge in [0.05, 0.1) is 10.6 Å². The smallest absolute Gasteiger partial charge is 0.253 e. The average molecular weight is 251 g/mol. The van der Waals surface area contributed by atoms with Gasteiger partial charge in [0.2, 0.25) is 0 Å². The zero-order valence-electron chi connectivity index (χ0n) is 8.28. The van der Waals surface area contributed by atoms with Crippen molar-refractivity contribution in [3.63, 3.8) is 0 Å². The Kier molecular flexibility index (Phi) is 3.28. The zero-order chi connectivity index (χ0) is 11.5. The van der Waals surface area contributed by atoms with E-state index in [-0.39, 0.29) is 0 Å². The molecule has 16 heavy (non-hydrogen) atoms. The van der Waals surface area contributed by atoms with E-state index in [0.29, 0.717) is 10.6 Å². The zero-order valence-corrected chi connectivity index (χ0v) is 9.79. The van der Waals surface area contributed by atoms with Crippen molar-refractivity contribution in [3.05, 3.63) is 59.1 Å². The third kappa shape index (κ3) is 2.26. The first-order valence-corrected chi connectivity index (χ1v) is 5.49. The Balaban J connectivity index is 2.52. The van der Waals surface area contributed by atoms with E-state index in [1.54, 1.807) is 12.1 Å². The van der Waals surface area contributed by atoms with Crippen molar-refractivity contribution in [2.24, 2.45) is 0 Å². The average Bonchev–Trinajstić information content (AvgIpc) is 2.30. The number of halogens is 2. The van der Waals surface area contributed by atoms with E-state index in [4.69, 9.17) is 23.2 Å². The summed E-state index contributed by atoms with van der Waals surface area (Å²) < 4.78 is 0. The minimum Gasteiger partial charge on any atom is -0.276 e. The predicted octanol–water partition coefficient (Wildman–Crippen LogP) is 4.39. The Morgan fingerprint density at radius 2 is 1.62 bits per heavy atom. The van der Waals surface area contributed by atoms with Crippen LogP contribution in [0.4, 0.5) is 0 Å². The van der Waals surface area contributed by atoms with Gasteiger partial charge in [-0.05, 0) is 34.9 Å². The van der Waals surface area contributed by atoms with Crippen molar-refractivity contribution in [2.45, 2.75) is 0 Å². The van der Waals surface area contributed by atoms with Gasteiger partial charge in [-0.25, -0.2) is 0 Å². The number of hydrogen-bond acceptors (Lipinski definition) is 1.